The van der Waals surface area contributed by atoms with Crippen molar-refractivity contribution >= 4 is 23.0 Å². The summed E-state index contributed by atoms with van der Waals surface area (Å²) in [6.07, 6.45) is 0. The summed E-state index contributed by atoms with van der Waals surface area (Å²) in [5.41, 5.74) is 2.71. The van der Waals surface area contributed by atoms with Crippen LogP contribution in [0, 0.1) is 10.1 Å². The lowest BCUT2D eigenvalue weighted by molar-refractivity contribution is -0.384. The Morgan fingerprint density at radius 2 is 2.05 bits per heavy atom. The number of rotatable bonds is 6. The first-order chi connectivity index (χ1) is 10.1. The van der Waals surface area contributed by atoms with Crippen molar-refractivity contribution in [2.45, 2.75) is 13.2 Å². The first-order valence-electron chi connectivity index (χ1n) is 6.34. The van der Waals surface area contributed by atoms with E-state index in [-0.39, 0.29) is 10.7 Å². The third-order valence-corrected chi connectivity index (χ3v) is 3.26. The molecule has 0 aliphatic rings. The molecule has 0 aliphatic carbocycles. The van der Waals surface area contributed by atoms with Crippen molar-refractivity contribution < 1.29 is 9.66 Å². The maximum absolute atomic E-state index is 10.9. The molecule has 0 amide bonds. The van der Waals surface area contributed by atoms with Gasteiger partial charge < -0.3 is 10.1 Å². The van der Waals surface area contributed by atoms with Crippen LogP contribution in [0.4, 0.5) is 11.4 Å². The standard InChI is InChI=1S/C15H15ClN2O3/c1-21-10-12-3-2-4-13(7-12)17-9-11-5-6-14(16)15(8-11)18(19)20/h2-8,17H,9-10H2,1H3. The van der Waals surface area contributed by atoms with Gasteiger partial charge in [-0.3, -0.25) is 10.1 Å². The number of nitro benzene ring substituents is 1. The number of ether oxygens (including phenoxy) is 1. The second-order valence-corrected chi connectivity index (χ2v) is 4.94. The molecule has 2 aromatic rings. The average molecular weight is 307 g/mol. The van der Waals surface area contributed by atoms with E-state index < -0.39 is 4.92 Å². The summed E-state index contributed by atoms with van der Waals surface area (Å²) in [5, 5.41) is 14.2. The highest BCUT2D eigenvalue weighted by atomic mass is 35.5. The predicted octanol–water partition coefficient (Wildman–Crippen LogP) is 4.01. The molecule has 0 radical (unpaired) electrons. The minimum absolute atomic E-state index is 0.0795. The van der Waals surface area contributed by atoms with Gasteiger partial charge in [-0.1, -0.05) is 29.8 Å². The quantitative estimate of drug-likeness (QED) is 0.647. The fraction of sp³-hybridized carbons (Fsp3) is 0.200. The Kier molecular flexibility index (Phi) is 5.14. The Balaban J connectivity index is 2.07. The third-order valence-electron chi connectivity index (χ3n) is 2.94. The molecule has 0 saturated carbocycles. The molecule has 2 aromatic carbocycles. The van der Waals surface area contributed by atoms with Gasteiger partial charge in [0.05, 0.1) is 11.5 Å². The Labute approximate surface area is 127 Å². The monoisotopic (exact) mass is 306 g/mol. The van der Waals surface area contributed by atoms with Crippen LogP contribution in [-0.2, 0) is 17.9 Å². The molecular formula is C15H15ClN2O3. The first kappa shape index (κ1) is 15.3. The molecule has 0 spiro atoms. The maximum Gasteiger partial charge on any atom is 0.288 e. The van der Waals surface area contributed by atoms with Crippen LogP contribution in [0.1, 0.15) is 11.1 Å². The largest absolute Gasteiger partial charge is 0.381 e. The third kappa shape index (κ3) is 4.18. The molecule has 0 aliphatic heterocycles. The first-order valence-corrected chi connectivity index (χ1v) is 6.72. The number of nitrogens with one attached hydrogen (secondary N) is 1. The van der Waals surface area contributed by atoms with Crippen LogP contribution in [0.3, 0.4) is 0 Å². The van der Waals surface area contributed by atoms with Crippen molar-refractivity contribution in [3.8, 4) is 0 Å². The Morgan fingerprint density at radius 3 is 2.76 bits per heavy atom. The molecule has 2 rings (SSSR count). The van der Waals surface area contributed by atoms with Crippen molar-refractivity contribution in [3.63, 3.8) is 0 Å². The van der Waals surface area contributed by atoms with Gasteiger partial charge in [0.15, 0.2) is 0 Å². The summed E-state index contributed by atoms with van der Waals surface area (Å²) in [6, 6.07) is 12.6. The summed E-state index contributed by atoms with van der Waals surface area (Å²) in [6.45, 7) is 1.02. The molecule has 6 heteroatoms. The molecular weight excluding hydrogens is 292 g/mol. The number of halogens is 1. The van der Waals surface area contributed by atoms with Crippen molar-refractivity contribution in [1.82, 2.24) is 0 Å². The van der Waals surface area contributed by atoms with Crippen LogP contribution < -0.4 is 5.32 Å². The molecule has 0 fully saturated rings. The number of benzene rings is 2. The SMILES string of the molecule is COCc1cccc(NCc2ccc(Cl)c([N+](=O)[O-])c2)c1. The summed E-state index contributed by atoms with van der Waals surface area (Å²) < 4.78 is 5.08. The highest BCUT2D eigenvalue weighted by Gasteiger charge is 2.12. The van der Waals surface area contributed by atoms with E-state index in [1.54, 1.807) is 13.2 Å². The van der Waals surface area contributed by atoms with E-state index in [1.165, 1.54) is 12.1 Å². The fourth-order valence-electron chi connectivity index (χ4n) is 1.95. The van der Waals surface area contributed by atoms with Crippen molar-refractivity contribution in [3.05, 3.63) is 68.7 Å². The lowest BCUT2D eigenvalue weighted by atomic mass is 10.1. The molecule has 0 atom stereocenters. The maximum atomic E-state index is 10.9. The Hall–Kier alpha value is -2.11. The zero-order valence-electron chi connectivity index (χ0n) is 11.5. The second kappa shape index (κ2) is 7.06. The van der Waals surface area contributed by atoms with Gasteiger partial charge in [-0.05, 0) is 29.3 Å². The number of hydrogen-bond donors (Lipinski definition) is 1. The Bertz CT molecular complexity index is 647. The number of anilines is 1. The van der Waals surface area contributed by atoms with Gasteiger partial charge in [0.25, 0.3) is 5.69 Å². The van der Waals surface area contributed by atoms with E-state index in [2.05, 4.69) is 5.32 Å². The highest BCUT2D eigenvalue weighted by Crippen LogP contribution is 2.25. The van der Waals surface area contributed by atoms with Gasteiger partial charge in [-0.25, -0.2) is 0 Å². The van der Waals surface area contributed by atoms with Gasteiger partial charge in [0.2, 0.25) is 0 Å². The van der Waals surface area contributed by atoms with E-state index in [0.717, 1.165) is 16.8 Å². The lowest BCUT2D eigenvalue weighted by Crippen LogP contribution is -2.01. The van der Waals surface area contributed by atoms with Gasteiger partial charge in [-0.15, -0.1) is 0 Å². The zero-order chi connectivity index (χ0) is 15.2. The lowest BCUT2D eigenvalue weighted by Gasteiger charge is -2.08. The molecule has 0 bridgehead atoms. The van der Waals surface area contributed by atoms with Crippen LogP contribution in [0.15, 0.2) is 42.5 Å². The summed E-state index contributed by atoms with van der Waals surface area (Å²) in [5.74, 6) is 0. The van der Waals surface area contributed by atoms with Crippen molar-refractivity contribution in [2.75, 3.05) is 12.4 Å². The van der Waals surface area contributed by atoms with Gasteiger partial charge in [-0.2, -0.15) is 0 Å². The predicted molar refractivity (Wildman–Crippen MR) is 82.6 cm³/mol. The van der Waals surface area contributed by atoms with Gasteiger partial charge in [0, 0.05) is 25.4 Å². The van der Waals surface area contributed by atoms with Crippen molar-refractivity contribution in [2.24, 2.45) is 0 Å². The van der Waals surface area contributed by atoms with Crippen LogP contribution in [-0.4, -0.2) is 12.0 Å². The van der Waals surface area contributed by atoms with Crippen LogP contribution in [0.2, 0.25) is 5.02 Å². The fourth-order valence-corrected chi connectivity index (χ4v) is 2.14. The molecule has 21 heavy (non-hydrogen) atoms. The van der Waals surface area contributed by atoms with Gasteiger partial charge >= 0.3 is 0 Å². The van der Waals surface area contributed by atoms with E-state index in [1.807, 2.05) is 24.3 Å². The molecule has 0 unspecified atom stereocenters. The topological polar surface area (TPSA) is 64.4 Å². The van der Waals surface area contributed by atoms with Gasteiger partial charge in [0.1, 0.15) is 5.02 Å². The minimum atomic E-state index is -0.481. The smallest absolute Gasteiger partial charge is 0.288 e. The number of hydrogen-bond acceptors (Lipinski definition) is 4. The summed E-state index contributed by atoms with van der Waals surface area (Å²) in [4.78, 5) is 10.4. The normalized spacial score (nSPS) is 10.4. The van der Waals surface area contributed by atoms with E-state index in [0.29, 0.717) is 13.2 Å². The molecule has 110 valence electrons. The average Bonchev–Trinajstić information content (AvgIpc) is 2.47. The van der Waals surface area contributed by atoms with E-state index in [9.17, 15) is 10.1 Å². The molecule has 5 nitrogen and oxygen atoms in total. The van der Waals surface area contributed by atoms with Crippen LogP contribution in [0.5, 0.6) is 0 Å². The number of methoxy groups -OCH3 is 1. The van der Waals surface area contributed by atoms with Crippen LogP contribution in [0.25, 0.3) is 0 Å². The molecule has 0 aromatic heterocycles. The summed E-state index contributed by atoms with van der Waals surface area (Å²) >= 11 is 5.79. The van der Waals surface area contributed by atoms with Crippen molar-refractivity contribution in [1.29, 1.82) is 0 Å². The minimum Gasteiger partial charge on any atom is -0.381 e. The molecule has 0 heterocycles. The summed E-state index contributed by atoms with van der Waals surface area (Å²) in [7, 11) is 1.65. The molecule has 0 saturated heterocycles. The number of nitrogens with zero attached hydrogens (tertiary/aromatic N) is 1. The molecule has 1 N–H and O–H groups in total. The second-order valence-electron chi connectivity index (χ2n) is 4.53. The number of nitro groups is 1. The highest BCUT2D eigenvalue weighted by molar-refractivity contribution is 6.32. The van der Waals surface area contributed by atoms with Crippen LogP contribution >= 0.6 is 11.6 Å². The zero-order valence-corrected chi connectivity index (χ0v) is 12.3. The Morgan fingerprint density at radius 1 is 1.24 bits per heavy atom. The van der Waals surface area contributed by atoms with E-state index in [4.69, 9.17) is 16.3 Å². The van der Waals surface area contributed by atoms with E-state index >= 15 is 0 Å².